The predicted molar refractivity (Wildman–Crippen MR) is 120 cm³/mol. The van der Waals surface area contributed by atoms with Crippen LogP contribution in [0.3, 0.4) is 0 Å². The largest absolute Gasteiger partial charge is 0.372 e. The van der Waals surface area contributed by atoms with Gasteiger partial charge >= 0.3 is 0 Å². The number of nitro benzene ring substituents is 1. The molecule has 0 N–H and O–H groups in total. The minimum absolute atomic E-state index is 0.0137. The molecule has 0 fully saturated rings. The van der Waals surface area contributed by atoms with Gasteiger partial charge in [0, 0.05) is 41.4 Å². The summed E-state index contributed by atoms with van der Waals surface area (Å²) in [7, 11) is 0. The third-order valence-corrected chi connectivity index (χ3v) is 6.71. The maximum Gasteiger partial charge on any atom is 0.282 e. The van der Waals surface area contributed by atoms with Crippen LogP contribution in [0.2, 0.25) is 0 Å². The molecule has 0 amide bonds. The Hall–Kier alpha value is -3.07. The third-order valence-electron chi connectivity index (χ3n) is 5.51. The lowest BCUT2D eigenvalue weighted by atomic mass is 9.97. The van der Waals surface area contributed by atoms with Gasteiger partial charge in [0.25, 0.3) is 11.2 Å². The molecule has 1 aliphatic carbocycles. The second-order valence-electron chi connectivity index (χ2n) is 7.20. The van der Waals surface area contributed by atoms with E-state index < -0.39 is 4.92 Å². The second kappa shape index (κ2) is 8.35. The Morgan fingerprint density at radius 3 is 2.80 bits per heavy atom. The molecule has 0 saturated heterocycles. The molecular weight excluding hydrogens is 402 g/mol. The smallest absolute Gasteiger partial charge is 0.282 e. The van der Waals surface area contributed by atoms with E-state index in [0.717, 1.165) is 54.9 Å². The minimum atomic E-state index is -0.430. The molecule has 4 rings (SSSR count). The van der Waals surface area contributed by atoms with Crippen LogP contribution in [0.25, 0.3) is 10.2 Å². The van der Waals surface area contributed by atoms with Crippen LogP contribution in [0.1, 0.15) is 42.7 Å². The minimum Gasteiger partial charge on any atom is -0.372 e. The number of hydrogen-bond acceptors (Lipinski definition) is 7. The topological polar surface area (TPSA) is 93.6 Å². The summed E-state index contributed by atoms with van der Waals surface area (Å²) in [5.74, 6) is 0. The number of nitrogens with zero attached hydrogens (tertiary/aromatic N) is 5. The van der Waals surface area contributed by atoms with Crippen LogP contribution >= 0.6 is 11.3 Å². The zero-order valence-electron chi connectivity index (χ0n) is 17.0. The first kappa shape index (κ1) is 20.2. The van der Waals surface area contributed by atoms with Crippen LogP contribution in [0.4, 0.5) is 11.4 Å². The number of aryl methyl sites for hydroxylation is 2. The van der Waals surface area contributed by atoms with Crippen LogP contribution < -0.4 is 10.5 Å². The maximum atomic E-state index is 13.1. The van der Waals surface area contributed by atoms with Crippen LogP contribution in [0.15, 0.2) is 34.4 Å². The number of anilines is 1. The third kappa shape index (κ3) is 3.60. The first-order chi connectivity index (χ1) is 14.5. The second-order valence-corrected chi connectivity index (χ2v) is 8.29. The van der Waals surface area contributed by atoms with Crippen LogP contribution in [-0.4, -0.2) is 33.9 Å². The Balaban J connectivity index is 1.79. The summed E-state index contributed by atoms with van der Waals surface area (Å²) in [6.07, 6.45) is 7.06. The molecular formula is C21H23N5O3S. The molecule has 0 atom stereocenters. The van der Waals surface area contributed by atoms with Crippen LogP contribution in [0.5, 0.6) is 0 Å². The summed E-state index contributed by atoms with van der Waals surface area (Å²) >= 11 is 1.60. The van der Waals surface area contributed by atoms with Gasteiger partial charge in [-0.15, -0.1) is 11.3 Å². The molecule has 3 aromatic rings. The molecule has 2 heterocycles. The molecule has 156 valence electrons. The van der Waals surface area contributed by atoms with Crippen molar-refractivity contribution in [3.8, 4) is 0 Å². The summed E-state index contributed by atoms with van der Waals surface area (Å²) in [5, 5.41) is 16.2. The van der Waals surface area contributed by atoms with E-state index >= 15 is 0 Å². The van der Waals surface area contributed by atoms with Crippen molar-refractivity contribution in [2.24, 2.45) is 5.10 Å². The molecule has 0 saturated carbocycles. The molecule has 30 heavy (non-hydrogen) atoms. The number of nitro groups is 1. The average molecular weight is 426 g/mol. The van der Waals surface area contributed by atoms with Crippen LogP contribution in [0, 0.1) is 10.1 Å². The number of fused-ring (bicyclic) bond motifs is 3. The summed E-state index contributed by atoms with van der Waals surface area (Å²) in [6.45, 7) is 5.55. The molecule has 0 aliphatic heterocycles. The molecule has 0 spiro atoms. The van der Waals surface area contributed by atoms with Gasteiger partial charge in [0.15, 0.2) is 0 Å². The van der Waals surface area contributed by atoms with Gasteiger partial charge in [-0.05, 0) is 51.2 Å². The van der Waals surface area contributed by atoms with Crippen molar-refractivity contribution >= 4 is 39.1 Å². The highest BCUT2D eigenvalue weighted by Crippen LogP contribution is 2.33. The molecule has 2 aromatic heterocycles. The van der Waals surface area contributed by atoms with E-state index in [9.17, 15) is 14.9 Å². The lowest BCUT2D eigenvalue weighted by molar-refractivity contribution is -0.384. The summed E-state index contributed by atoms with van der Waals surface area (Å²) in [5.41, 5.74) is 2.34. The molecule has 1 aliphatic rings. The normalized spacial score (nSPS) is 13.7. The van der Waals surface area contributed by atoms with Gasteiger partial charge in [-0.3, -0.25) is 14.9 Å². The molecule has 9 heteroatoms. The van der Waals surface area contributed by atoms with Gasteiger partial charge in [0.05, 0.1) is 16.5 Å². The standard InChI is InChI=1S/C21H23N5O3S/c1-3-24(4-2)17-10-9-15(26(28)29)11-14(17)12-23-25-13-22-20-19(21(25)27)16-7-5-6-8-18(16)30-20/h9-13H,3-8H2,1-2H3/b23-12-. The fourth-order valence-electron chi connectivity index (χ4n) is 3.95. The van der Waals surface area contributed by atoms with Crippen LogP contribution in [-0.2, 0) is 12.8 Å². The molecule has 0 unspecified atom stereocenters. The fourth-order valence-corrected chi connectivity index (χ4v) is 5.17. The van der Waals surface area contributed by atoms with Crippen molar-refractivity contribution < 1.29 is 4.92 Å². The Labute approximate surface area is 177 Å². The van der Waals surface area contributed by atoms with Gasteiger partial charge in [-0.25, -0.2) is 4.98 Å². The zero-order valence-corrected chi connectivity index (χ0v) is 17.8. The Bertz CT molecular complexity index is 1190. The van der Waals surface area contributed by atoms with E-state index in [4.69, 9.17) is 0 Å². The van der Waals surface area contributed by atoms with Crippen molar-refractivity contribution in [3.63, 3.8) is 0 Å². The van der Waals surface area contributed by atoms with Gasteiger partial charge < -0.3 is 4.90 Å². The first-order valence-corrected chi connectivity index (χ1v) is 10.9. The Kier molecular flexibility index (Phi) is 5.63. The van der Waals surface area contributed by atoms with Gasteiger partial charge in [0.2, 0.25) is 0 Å². The van der Waals surface area contributed by atoms with Gasteiger partial charge in [-0.1, -0.05) is 0 Å². The number of aromatic nitrogens is 2. The number of hydrogen-bond donors (Lipinski definition) is 0. The maximum absolute atomic E-state index is 13.1. The van der Waals surface area contributed by atoms with E-state index in [0.29, 0.717) is 10.9 Å². The van der Waals surface area contributed by atoms with Crippen molar-refractivity contribution in [3.05, 3.63) is 61.0 Å². The molecule has 0 bridgehead atoms. The molecule has 8 nitrogen and oxygen atoms in total. The van der Waals surface area contributed by atoms with E-state index in [1.54, 1.807) is 17.4 Å². The number of non-ortho nitro benzene ring substituents is 1. The average Bonchev–Trinajstić information content (AvgIpc) is 3.14. The zero-order chi connectivity index (χ0) is 21.3. The fraction of sp³-hybridized carbons (Fsp3) is 0.381. The van der Waals surface area contributed by atoms with Gasteiger partial charge in [0.1, 0.15) is 11.2 Å². The van der Waals surface area contributed by atoms with E-state index in [1.807, 2.05) is 13.8 Å². The lowest BCUT2D eigenvalue weighted by Gasteiger charge is -2.22. The van der Waals surface area contributed by atoms with Crippen molar-refractivity contribution in [1.82, 2.24) is 9.66 Å². The van der Waals surface area contributed by atoms with E-state index in [1.165, 1.54) is 34.2 Å². The molecule has 0 radical (unpaired) electrons. The lowest BCUT2D eigenvalue weighted by Crippen LogP contribution is -2.23. The highest BCUT2D eigenvalue weighted by atomic mass is 32.1. The van der Waals surface area contributed by atoms with Crippen molar-refractivity contribution in [1.29, 1.82) is 0 Å². The number of thiophene rings is 1. The Morgan fingerprint density at radius 1 is 1.30 bits per heavy atom. The monoisotopic (exact) mass is 425 g/mol. The Morgan fingerprint density at radius 2 is 2.07 bits per heavy atom. The van der Waals surface area contributed by atoms with Gasteiger partial charge in [-0.2, -0.15) is 9.78 Å². The summed E-state index contributed by atoms with van der Waals surface area (Å²) < 4.78 is 1.23. The molecule has 1 aromatic carbocycles. The quantitative estimate of drug-likeness (QED) is 0.338. The first-order valence-electron chi connectivity index (χ1n) is 10.1. The van der Waals surface area contributed by atoms with E-state index in [2.05, 4.69) is 15.0 Å². The number of benzene rings is 1. The van der Waals surface area contributed by atoms with Crippen molar-refractivity contribution in [2.45, 2.75) is 39.5 Å². The SMILES string of the molecule is CCN(CC)c1ccc([N+](=O)[O-])cc1/C=N\n1cnc2sc3c(c2c1=O)CCCC3. The number of rotatable bonds is 6. The predicted octanol–water partition coefficient (Wildman–Crippen LogP) is 3.97. The van der Waals surface area contributed by atoms with Crippen molar-refractivity contribution in [2.75, 3.05) is 18.0 Å². The summed E-state index contributed by atoms with van der Waals surface area (Å²) in [6, 6.07) is 4.70. The highest BCUT2D eigenvalue weighted by Gasteiger charge is 2.20. The van der Waals surface area contributed by atoms with E-state index in [-0.39, 0.29) is 11.2 Å². The summed E-state index contributed by atoms with van der Waals surface area (Å²) in [4.78, 5) is 32.4. The highest BCUT2D eigenvalue weighted by molar-refractivity contribution is 7.18.